The maximum absolute atomic E-state index is 6.03. The molecule has 74 valence electrons. The van der Waals surface area contributed by atoms with E-state index in [1.807, 2.05) is 0 Å². The molecule has 0 bridgehead atoms. The normalized spacial score (nSPS) is 16.2. The first kappa shape index (κ1) is 11.9. The summed E-state index contributed by atoms with van der Waals surface area (Å²) in [6.45, 7) is 10.6. The van der Waals surface area contributed by atoms with Gasteiger partial charge in [-0.2, -0.15) is 0 Å². The van der Waals surface area contributed by atoms with Gasteiger partial charge in [-0.3, -0.25) is 0 Å². The van der Waals surface area contributed by atoms with Crippen LogP contribution in [0.2, 0.25) is 0 Å². The van der Waals surface area contributed by atoms with E-state index in [2.05, 4.69) is 34.6 Å². The Labute approximate surface area is 76.5 Å². The molecule has 1 unspecified atom stereocenters. The number of methoxy groups -OCH3 is 1. The molecule has 0 rings (SSSR count). The fourth-order valence-electron chi connectivity index (χ4n) is 0.919. The van der Waals surface area contributed by atoms with Gasteiger partial charge in [0.25, 0.3) is 0 Å². The molecule has 2 nitrogen and oxygen atoms in total. The van der Waals surface area contributed by atoms with Gasteiger partial charge in [-0.15, -0.1) is 0 Å². The maximum Gasteiger partial charge on any atom is 0.0637 e. The molecule has 2 heteroatoms. The average molecular weight is 173 g/mol. The molecule has 0 radical (unpaired) electrons. The minimum atomic E-state index is -0.104. The van der Waals surface area contributed by atoms with Crippen molar-refractivity contribution in [3.63, 3.8) is 0 Å². The molecule has 0 saturated heterocycles. The molecular formula is C10H23NO. The Morgan fingerprint density at radius 1 is 1.17 bits per heavy atom. The van der Waals surface area contributed by atoms with Crippen molar-refractivity contribution in [3.05, 3.63) is 0 Å². The lowest BCUT2D eigenvalue weighted by atomic mass is 9.81. The Morgan fingerprint density at radius 2 is 1.58 bits per heavy atom. The fourth-order valence-corrected chi connectivity index (χ4v) is 0.919. The number of nitrogens with two attached hydrogens (primary N) is 1. The van der Waals surface area contributed by atoms with E-state index in [4.69, 9.17) is 10.5 Å². The molecule has 0 aliphatic rings. The van der Waals surface area contributed by atoms with Crippen LogP contribution in [0.15, 0.2) is 0 Å². The lowest BCUT2D eigenvalue weighted by molar-refractivity contribution is 0.000906. The summed E-state index contributed by atoms with van der Waals surface area (Å²) in [5.41, 5.74) is 6.09. The zero-order valence-corrected chi connectivity index (χ0v) is 9.27. The first-order valence-electron chi connectivity index (χ1n) is 4.50. The number of rotatable bonds is 3. The Morgan fingerprint density at radius 3 is 1.83 bits per heavy atom. The summed E-state index contributed by atoms with van der Waals surface area (Å²) in [7, 11) is 1.73. The molecule has 0 heterocycles. The van der Waals surface area contributed by atoms with Gasteiger partial charge in [-0.05, 0) is 25.7 Å². The third-order valence-electron chi connectivity index (χ3n) is 2.38. The molecule has 0 saturated carbocycles. The van der Waals surface area contributed by atoms with Gasteiger partial charge in [0, 0.05) is 13.2 Å². The largest absolute Gasteiger partial charge is 0.379 e. The molecule has 2 N–H and O–H groups in total. The molecule has 0 aromatic carbocycles. The van der Waals surface area contributed by atoms with E-state index in [0.29, 0.717) is 0 Å². The quantitative estimate of drug-likeness (QED) is 0.710. The van der Waals surface area contributed by atoms with Crippen LogP contribution in [0.1, 0.15) is 41.0 Å². The topological polar surface area (TPSA) is 35.2 Å². The van der Waals surface area contributed by atoms with E-state index in [-0.39, 0.29) is 17.1 Å². The second-order valence-electron chi connectivity index (χ2n) is 5.14. The molecule has 0 spiro atoms. The summed E-state index contributed by atoms with van der Waals surface area (Å²) in [6, 6.07) is 0.187. The average Bonchev–Trinajstić information content (AvgIpc) is 1.85. The Kier molecular flexibility index (Phi) is 3.73. The van der Waals surface area contributed by atoms with E-state index in [9.17, 15) is 0 Å². The van der Waals surface area contributed by atoms with Gasteiger partial charge >= 0.3 is 0 Å². The number of hydrogen-bond donors (Lipinski definition) is 1. The van der Waals surface area contributed by atoms with Crippen LogP contribution in [-0.2, 0) is 4.74 Å². The second-order valence-corrected chi connectivity index (χ2v) is 5.14. The van der Waals surface area contributed by atoms with Gasteiger partial charge in [0.05, 0.1) is 5.60 Å². The summed E-state index contributed by atoms with van der Waals surface area (Å²) in [5.74, 6) is 0. The van der Waals surface area contributed by atoms with Crippen molar-refractivity contribution in [1.82, 2.24) is 0 Å². The predicted molar refractivity (Wildman–Crippen MR) is 53.1 cm³/mol. The van der Waals surface area contributed by atoms with Crippen LogP contribution in [0.3, 0.4) is 0 Å². The fraction of sp³-hybridized carbons (Fsp3) is 1.00. The van der Waals surface area contributed by atoms with Crippen molar-refractivity contribution in [2.45, 2.75) is 52.7 Å². The molecular weight excluding hydrogens is 150 g/mol. The highest BCUT2D eigenvalue weighted by atomic mass is 16.5. The third-order valence-corrected chi connectivity index (χ3v) is 2.38. The zero-order valence-electron chi connectivity index (χ0n) is 9.27. The monoisotopic (exact) mass is 173 g/mol. The van der Waals surface area contributed by atoms with Crippen LogP contribution in [0.25, 0.3) is 0 Å². The van der Waals surface area contributed by atoms with Gasteiger partial charge < -0.3 is 10.5 Å². The molecule has 0 amide bonds. The third kappa shape index (κ3) is 4.07. The van der Waals surface area contributed by atoms with Gasteiger partial charge in [0.15, 0.2) is 0 Å². The van der Waals surface area contributed by atoms with Gasteiger partial charge in [0.1, 0.15) is 0 Å². The van der Waals surface area contributed by atoms with E-state index in [1.54, 1.807) is 7.11 Å². The van der Waals surface area contributed by atoms with Crippen LogP contribution in [0.4, 0.5) is 0 Å². The van der Waals surface area contributed by atoms with Crippen LogP contribution >= 0.6 is 0 Å². The zero-order chi connectivity index (χ0) is 9.99. The second kappa shape index (κ2) is 3.75. The highest BCUT2D eigenvalue weighted by Gasteiger charge is 2.28. The first-order valence-corrected chi connectivity index (χ1v) is 4.50. The first-order chi connectivity index (χ1) is 5.19. The van der Waals surface area contributed by atoms with Crippen molar-refractivity contribution in [3.8, 4) is 0 Å². The number of hydrogen-bond acceptors (Lipinski definition) is 2. The van der Waals surface area contributed by atoms with E-state index >= 15 is 0 Å². The van der Waals surface area contributed by atoms with Gasteiger partial charge in [0.2, 0.25) is 0 Å². The molecule has 0 aromatic rings. The standard InChI is InChI=1S/C10H23NO/c1-9(2,3)8(11)7-10(4,5)12-6/h8H,7,11H2,1-6H3. The molecule has 12 heavy (non-hydrogen) atoms. The Hall–Kier alpha value is -0.0800. The lowest BCUT2D eigenvalue weighted by Crippen LogP contribution is -2.41. The van der Waals surface area contributed by atoms with Crippen molar-refractivity contribution in [2.24, 2.45) is 11.1 Å². The van der Waals surface area contributed by atoms with Crippen LogP contribution in [-0.4, -0.2) is 18.8 Å². The predicted octanol–water partition coefficient (Wildman–Crippen LogP) is 2.17. The van der Waals surface area contributed by atoms with Crippen molar-refractivity contribution >= 4 is 0 Å². The van der Waals surface area contributed by atoms with Gasteiger partial charge in [-0.1, -0.05) is 20.8 Å². The van der Waals surface area contributed by atoms with Crippen molar-refractivity contribution in [1.29, 1.82) is 0 Å². The highest BCUT2D eigenvalue weighted by Crippen LogP contribution is 2.25. The van der Waals surface area contributed by atoms with Crippen molar-refractivity contribution in [2.75, 3.05) is 7.11 Å². The summed E-state index contributed by atoms with van der Waals surface area (Å²) in [6.07, 6.45) is 0.896. The van der Waals surface area contributed by atoms with Gasteiger partial charge in [-0.25, -0.2) is 0 Å². The number of ether oxygens (including phenoxy) is 1. The van der Waals surface area contributed by atoms with Crippen LogP contribution in [0.5, 0.6) is 0 Å². The maximum atomic E-state index is 6.03. The lowest BCUT2D eigenvalue weighted by Gasteiger charge is -2.33. The molecule has 0 aliphatic heterocycles. The SMILES string of the molecule is COC(C)(C)CC(N)C(C)(C)C. The summed E-state index contributed by atoms with van der Waals surface area (Å²) in [5, 5.41) is 0. The van der Waals surface area contributed by atoms with E-state index < -0.39 is 0 Å². The highest BCUT2D eigenvalue weighted by molar-refractivity contribution is 4.83. The smallest absolute Gasteiger partial charge is 0.0637 e. The summed E-state index contributed by atoms with van der Waals surface area (Å²) < 4.78 is 5.32. The minimum absolute atomic E-state index is 0.104. The molecule has 0 fully saturated rings. The molecule has 0 aromatic heterocycles. The Bertz CT molecular complexity index is 135. The summed E-state index contributed by atoms with van der Waals surface area (Å²) >= 11 is 0. The minimum Gasteiger partial charge on any atom is -0.379 e. The van der Waals surface area contributed by atoms with Crippen molar-refractivity contribution < 1.29 is 4.74 Å². The Balaban J connectivity index is 4.09. The van der Waals surface area contributed by atoms with Crippen LogP contribution < -0.4 is 5.73 Å². The van der Waals surface area contributed by atoms with E-state index in [0.717, 1.165) is 6.42 Å². The molecule has 1 atom stereocenters. The van der Waals surface area contributed by atoms with E-state index in [1.165, 1.54) is 0 Å². The summed E-state index contributed by atoms with van der Waals surface area (Å²) in [4.78, 5) is 0. The van der Waals surface area contributed by atoms with Crippen LogP contribution in [0, 0.1) is 5.41 Å². The molecule has 0 aliphatic carbocycles.